The minimum atomic E-state index is -0.956. The molecule has 0 bridgehead atoms. The van der Waals surface area contributed by atoms with Crippen LogP contribution in [0.2, 0.25) is 0 Å². The van der Waals surface area contributed by atoms with Gasteiger partial charge in [0.25, 0.3) is 0 Å². The van der Waals surface area contributed by atoms with Gasteiger partial charge in [0.15, 0.2) is 5.96 Å². The molecule has 4 nitrogen and oxygen atoms in total. The average molecular weight is 336 g/mol. The second-order valence-electron chi connectivity index (χ2n) is 6.08. The smallest absolute Gasteiger partial charge is 0.191 e. The van der Waals surface area contributed by atoms with Gasteiger partial charge in [0.1, 0.15) is 0 Å². The number of benzene rings is 1. The lowest BCUT2D eigenvalue weighted by Crippen LogP contribution is -2.39. The summed E-state index contributed by atoms with van der Waals surface area (Å²) in [6.45, 7) is 1.61. The van der Waals surface area contributed by atoms with E-state index in [2.05, 4.69) is 15.6 Å². The predicted molar refractivity (Wildman–Crippen MR) is 98.3 cm³/mol. The van der Waals surface area contributed by atoms with Gasteiger partial charge in [-0.05, 0) is 30.9 Å². The van der Waals surface area contributed by atoms with Crippen molar-refractivity contribution in [2.24, 2.45) is 10.9 Å². The van der Waals surface area contributed by atoms with E-state index in [1.54, 1.807) is 7.05 Å². The van der Waals surface area contributed by atoms with Crippen LogP contribution in [0, 0.1) is 5.92 Å². The van der Waals surface area contributed by atoms with E-state index in [0.717, 1.165) is 23.3 Å². The molecule has 1 atom stereocenters. The molecule has 0 aromatic heterocycles. The van der Waals surface area contributed by atoms with E-state index in [9.17, 15) is 4.21 Å². The molecule has 0 saturated heterocycles. The molecule has 0 amide bonds. The Kier molecular flexibility index (Phi) is 8.15. The number of guanidine groups is 1. The van der Waals surface area contributed by atoms with Crippen molar-refractivity contribution in [3.63, 3.8) is 0 Å². The average Bonchev–Trinajstić information content (AvgIpc) is 3.11. The van der Waals surface area contributed by atoms with Gasteiger partial charge in [-0.3, -0.25) is 9.20 Å². The number of rotatable bonds is 8. The molecule has 2 N–H and O–H groups in total. The highest BCUT2D eigenvalue weighted by Gasteiger charge is 2.14. The maximum atomic E-state index is 12.1. The summed E-state index contributed by atoms with van der Waals surface area (Å²) < 4.78 is 12.1. The largest absolute Gasteiger partial charge is 0.356 e. The van der Waals surface area contributed by atoms with Crippen LogP contribution in [0.1, 0.15) is 38.5 Å². The van der Waals surface area contributed by atoms with Crippen LogP contribution in [-0.4, -0.2) is 36.1 Å². The Morgan fingerprint density at radius 2 is 1.87 bits per heavy atom. The maximum Gasteiger partial charge on any atom is 0.191 e. The monoisotopic (exact) mass is 335 g/mol. The number of nitrogens with one attached hydrogen (secondary N) is 2. The first-order valence-corrected chi connectivity index (χ1v) is 9.99. The molecule has 1 aliphatic rings. The van der Waals surface area contributed by atoms with Gasteiger partial charge in [0.05, 0.1) is 10.8 Å². The van der Waals surface area contributed by atoms with Crippen LogP contribution in [0.3, 0.4) is 0 Å². The van der Waals surface area contributed by atoms with Crippen molar-refractivity contribution in [1.29, 1.82) is 0 Å². The summed E-state index contributed by atoms with van der Waals surface area (Å²) in [4.78, 5) is 5.11. The summed E-state index contributed by atoms with van der Waals surface area (Å²) in [5, 5.41) is 6.59. The molecule has 23 heavy (non-hydrogen) atoms. The molecule has 5 heteroatoms. The molecule has 128 valence electrons. The summed E-state index contributed by atoms with van der Waals surface area (Å²) in [5.74, 6) is 2.34. The standard InChI is InChI=1S/C18H29N3OS/c1-19-18(20-13-7-10-16-8-5-6-9-16)21-14-15-23(22)17-11-3-2-4-12-17/h2-4,11-12,16H,5-10,13-15H2,1H3,(H2,19,20,21). The lowest BCUT2D eigenvalue weighted by atomic mass is 10.0. The first-order chi connectivity index (χ1) is 11.3. The lowest BCUT2D eigenvalue weighted by molar-refractivity contribution is 0.481. The molecule has 0 aliphatic heterocycles. The highest BCUT2D eigenvalue weighted by Crippen LogP contribution is 2.28. The Balaban J connectivity index is 1.58. The molecule has 2 rings (SSSR count). The Hall–Kier alpha value is -1.36. The minimum Gasteiger partial charge on any atom is -0.356 e. The van der Waals surface area contributed by atoms with Crippen molar-refractivity contribution in [3.05, 3.63) is 30.3 Å². The molecule has 0 spiro atoms. The van der Waals surface area contributed by atoms with E-state index in [4.69, 9.17) is 0 Å². The second kappa shape index (κ2) is 10.4. The molecule has 1 aliphatic carbocycles. The fourth-order valence-electron chi connectivity index (χ4n) is 3.07. The van der Waals surface area contributed by atoms with Crippen LogP contribution >= 0.6 is 0 Å². The highest BCUT2D eigenvalue weighted by molar-refractivity contribution is 7.85. The summed E-state index contributed by atoms with van der Waals surface area (Å²) >= 11 is 0. The normalized spacial score (nSPS) is 17.2. The Labute approximate surface area is 142 Å². The van der Waals surface area contributed by atoms with E-state index >= 15 is 0 Å². The number of nitrogens with zero attached hydrogens (tertiary/aromatic N) is 1. The van der Waals surface area contributed by atoms with Crippen LogP contribution in [0.15, 0.2) is 40.2 Å². The third-order valence-corrected chi connectivity index (χ3v) is 5.74. The van der Waals surface area contributed by atoms with Crippen LogP contribution in [0.25, 0.3) is 0 Å². The van der Waals surface area contributed by atoms with Gasteiger partial charge in [0.2, 0.25) is 0 Å². The third kappa shape index (κ3) is 6.73. The molecular formula is C18H29N3OS. The summed E-state index contributed by atoms with van der Waals surface area (Å²) in [6, 6.07) is 9.60. The first-order valence-electron chi connectivity index (χ1n) is 8.67. The number of aliphatic imine (C=N–C) groups is 1. The zero-order chi connectivity index (χ0) is 16.3. The predicted octanol–water partition coefficient (Wildman–Crippen LogP) is 2.93. The van der Waals surface area contributed by atoms with Crippen molar-refractivity contribution in [1.82, 2.24) is 10.6 Å². The third-order valence-electron chi connectivity index (χ3n) is 4.37. The Morgan fingerprint density at radius 3 is 2.57 bits per heavy atom. The van der Waals surface area contributed by atoms with E-state index in [-0.39, 0.29) is 0 Å². The van der Waals surface area contributed by atoms with E-state index in [1.807, 2.05) is 30.3 Å². The fourth-order valence-corrected chi connectivity index (χ4v) is 4.05. The zero-order valence-electron chi connectivity index (χ0n) is 14.1. The van der Waals surface area contributed by atoms with Crippen molar-refractivity contribution in [2.75, 3.05) is 25.9 Å². The summed E-state index contributed by atoms with van der Waals surface area (Å²) in [7, 11) is 0.822. The van der Waals surface area contributed by atoms with E-state index in [0.29, 0.717) is 12.3 Å². The van der Waals surface area contributed by atoms with Crippen LogP contribution in [0.4, 0.5) is 0 Å². The fraction of sp³-hybridized carbons (Fsp3) is 0.611. The Morgan fingerprint density at radius 1 is 1.17 bits per heavy atom. The van der Waals surface area contributed by atoms with Gasteiger partial charge >= 0.3 is 0 Å². The zero-order valence-corrected chi connectivity index (χ0v) is 14.9. The molecule has 0 radical (unpaired) electrons. The van der Waals surface area contributed by atoms with Gasteiger partial charge in [-0.15, -0.1) is 0 Å². The lowest BCUT2D eigenvalue weighted by Gasteiger charge is -2.13. The quantitative estimate of drug-likeness (QED) is 0.436. The van der Waals surface area contributed by atoms with Crippen LogP contribution in [0.5, 0.6) is 0 Å². The molecule has 1 unspecified atom stereocenters. The van der Waals surface area contributed by atoms with Crippen molar-refractivity contribution >= 4 is 16.8 Å². The van der Waals surface area contributed by atoms with Crippen LogP contribution < -0.4 is 10.6 Å². The minimum absolute atomic E-state index is 0.590. The summed E-state index contributed by atoms with van der Waals surface area (Å²) in [5.41, 5.74) is 0. The topological polar surface area (TPSA) is 53.5 Å². The van der Waals surface area contributed by atoms with Crippen LogP contribution in [-0.2, 0) is 10.8 Å². The van der Waals surface area contributed by atoms with Gasteiger partial charge in [-0.25, -0.2) is 0 Å². The summed E-state index contributed by atoms with van der Waals surface area (Å²) in [6.07, 6.45) is 8.18. The van der Waals surface area contributed by atoms with Crippen molar-refractivity contribution in [3.8, 4) is 0 Å². The maximum absolute atomic E-state index is 12.1. The molecular weight excluding hydrogens is 306 g/mol. The molecule has 1 aromatic rings. The molecule has 1 fully saturated rings. The highest BCUT2D eigenvalue weighted by atomic mass is 32.2. The SMILES string of the molecule is CN=C(NCCCC1CCCC1)NCCS(=O)c1ccccc1. The van der Waals surface area contributed by atoms with E-state index < -0.39 is 10.8 Å². The van der Waals surface area contributed by atoms with Gasteiger partial charge in [-0.2, -0.15) is 0 Å². The second-order valence-corrected chi connectivity index (χ2v) is 7.65. The van der Waals surface area contributed by atoms with Gasteiger partial charge in [0, 0.05) is 30.8 Å². The molecule has 0 heterocycles. The molecule has 1 aromatic carbocycles. The van der Waals surface area contributed by atoms with Crippen molar-refractivity contribution < 1.29 is 4.21 Å². The number of hydrogen-bond acceptors (Lipinski definition) is 2. The van der Waals surface area contributed by atoms with E-state index in [1.165, 1.54) is 38.5 Å². The molecule has 1 saturated carbocycles. The number of hydrogen-bond donors (Lipinski definition) is 2. The first kappa shape index (κ1) is 18.0. The van der Waals surface area contributed by atoms with Gasteiger partial charge in [-0.1, -0.05) is 43.9 Å². The van der Waals surface area contributed by atoms with Crippen molar-refractivity contribution in [2.45, 2.75) is 43.4 Å². The van der Waals surface area contributed by atoms with Gasteiger partial charge < -0.3 is 10.6 Å². The Bertz CT molecular complexity index is 498.